The third-order valence-electron chi connectivity index (χ3n) is 4.37. The van der Waals surface area contributed by atoms with E-state index in [1.807, 2.05) is 12.1 Å². The summed E-state index contributed by atoms with van der Waals surface area (Å²) < 4.78 is 0. The number of amides is 1. The van der Waals surface area contributed by atoms with Gasteiger partial charge in [0.1, 0.15) is 0 Å². The third-order valence-corrected chi connectivity index (χ3v) is 4.37. The molecule has 1 atom stereocenters. The Kier molecular flexibility index (Phi) is 11.3. The van der Waals surface area contributed by atoms with Crippen molar-refractivity contribution in [3.8, 4) is 0 Å². The molecule has 2 N–H and O–H groups in total. The van der Waals surface area contributed by atoms with Gasteiger partial charge in [0.2, 0.25) is 0 Å². The summed E-state index contributed by atoms with van der Waals surface area (Å²) in [6.07, 6.45) is 2.20. The predicted octanol–water partition coefficient (Wildman–Crippen LogP) is 3.24. The molecule has 4 nitrogen and oxygen atoms in total. The minimum Gasteiger partial charge on any atom is -0.348 e. The first-order chi connectivity index (χ1) is 10.6. The van der Waals surface area contributed by atoms with Gasteiger partial charge in [-0.25, -0.2) is 0 Å². The van der Waals surface area contributed by atoms with Gasteiger partial charge in [-0.05, 0) is 57.5 Å². The first-order valence-electron chi connectivity index (χ1n) is 8.44. The van der Waals surface area contributed by atoms with Gasteiger partial charge < -0.3 is 10.6 Å². The molecule has 6 heteroatoms. The van der Waals surface area contributed by atoms with Crippen molar-refractivity contribution < 1.29 is 4.79 Å². The van der Waals surface area contributed by atoms with Crippen LogP contribution in [0, 0.1) is 0 Å². The van der Waals surface area contributed by atoms with E-state index in [0.717, 1.165) is 44.6 Å². The van der Waals surface area contributed by atoms with Crippen molar-refractivity contribution in [2.45, 2.75) is 52.2 Å². The molecule has 1 unspecified atom stereocenters. The predicted molar refractivity (Wildman–Crippen MR) is 106 cm³/mol. The van der Waals surface area contributed by atoms with Crippen molar-refractivity contribution >= 4 is 30.7 Å². The van der Waals surface area contributed by atoms with E-state index >= 15 is 0 Å². The molecule has 1 amide bonds. The van der Waals surface area contributed by atoms with Crippen LogP contribution in [0.25, 0.3) is 0 Å². The molecule has 138 valence electrons. The quantitative estimate of drug-likeness (QED) is 0.801. The Labute approximate surface area is 158 Å². The van der Waals surface area contributed by atoms with Gasteiger partial charge in [0, 0.05) is 30.7 Å². The molecule has 0 radical (unpaired) electrons. The van der Waals surface area contributed by atoms with Gasteiger partial charge in [0.25, 0.3) is 5.91 Å². The highest BCUT2D eigenvalue weighted by Gasteiger charge is 2.16. The normalized spacial score (nSPS) is 17.1. The second-order valence-corrected chi connectivity index (χ2v) is 6.37. The lowest BCUT2D eigenvalue weighted by Gasteiger charge is -2.25. The number of halogens is 2. The van der Waals surface area contributed by atoms with E-state index in [0.29, 0.717) is 6.04 Å². The van der Waals surface area contributed by atoms with Gasteiger partial charge in [-0.15, -0.1) is 24.8 Å². The molecule has 1 aliphatic heterocycles. The van der Waals surface area contributed by atoms with Crippen molar-refractivity contribution in [2.75, 3.05) is 19.6 Å². The van der Waals surface area contributed by atoms with Gasteiger partial charge in [0.05, 0.1) is 0 Å². The zero-order valence-electron chi connectivity index (χ0n) is 14.9. The van der Waals surface area contributed by atoms with Crippen molar-refractivity contribution in [3.05, 3.63) is 35.4 Å². The highest BCUT2D eigenvalue weighted by atomic mass is 35.5. The molecule has 1 aromatic carbocycles. The topological polar surface area (TPSA) is 44.4 Å². The maximum atomic E-state index is 12.3. The van der Waals surface area contributed by atoms with Crippen LogP contribution in [-0.4, -0.2) is 42.5 Å². The Morgan fingerprint density at radius 1 is 1.29 bits per heavy atom. The number of hydrogen-bond donors (Lipinski definition) is 2. The van der Waals surface area contributed by atoms with E-state index in [2.05, 4.69) is 48.4 Å². The smallest absolute Gasteiger partial charge is 0.251 e. The Hall–Kier alpha value is -0.810. The standard InChI is InChI=1S/C18H29N3O.2ClH/c1-4-21(14(2)3)13-15-7-9-16(10-8-15)18(22)20-17-6-5-11-19-12-17;;/h7-10,14,17,19H,4-6,11-13H2,1-3H3,(H,20,22);2*1H. The van der Waals surface area contributed by atoms with Crippen LogP contribution in [0.1, 0.15) is 49.5 Å². The Morgan fingerprint density at radius 3 is 2.46 bits per heavy atom. The molecular weight excluding hydrogens is 345 g/mol. The highest BCUT2D eigenvalue weighted by molar-refractivity contribution is 5.94. The third kappa shape index (κ3) is 6.98. The van der Waals surface area contributed by atoms with Gasteiger partial charge in [-0.3, -0.25) is 9.69 Å². The van der Waals surface area contributed by atoms with Crippen LogP contribution >= 0.6 is 24.8 Å². The van der Waals surface area contributed by atoms with Crippen LogP contribution in [0.4, 0.5) is 0 Å². The lowest BCUT2D eigenvalue weighted by atomic mass is 10.1. The van der Waals surface area contributed by atoms with Crippen molar-refractivity contribution in [3.63, 3.8) is 0 Å². The fourth-order valence-electron chi connectivity index (χ4n) is 2.90. The molecule has 1 fully saturated rings. The zero-order valence-corrected chi connectivity index (χ0v) is 16.5. The van der Waals surface area contributed by atoms with Crippen LogP contribution in [0.5, 0.6) is 0 Å². The lowest BCUT2D eigenvalue weighted by Crippen LogP contribution is -2.45. The Bertz CT molecular complexity index is 474. The second-order valence-electron chi connectivity index (χ2n) is 6.37. The maximum absolute atomic E-state index is 12.3. The number of carbonyl (C=O) groups excluding carboxylic acids is 1. The van der Waals surface area contributed by atoms with Crippen molar-refractivity contribution in [1.29, 1.82) is 0 Å². The fraction of sp³-hybridized carbons (Fsp3) is 0.611. The highest BCUT2D eigenvalue weighted by Crippen LogP contribution is 2.11. The molecule has 0 bridgehead atoms. The maximum Gasteiger partial charge on any atom is 0.251 e. The fourth-order valence-corrected chi connectivity index (χ4v) is 2.90. The van der Waals surface area contributed by atoms with E-state index in [9.17, 15) is 4.79 Å². The van der Waals surface area contributed by atoms with Crippen molar-refractivity contribution in [2.24, 2.45) is 0 Å². The van der Waals surface area contributed by atoms with Crippen molar-refractivity contribution in [1.82, 2.24) is 15.5 Å². The summed E-state index contributed by atoms with van der Waals surface area (Å²) in [5, 5.41) is 6.43. The average molecular weight is 376 g/mol. The van der Waals surface area contributed by atoms with E-state index < -0.39 is 0 Å². The number of benzene rings is 1. The molecular formula is C18H31Cl2N3O. The largest absolute Gasteiger partial charge is 0.348 e. The number of hydrogen-bond acceptors (Lipinski definition) is 3. The molecule has 0 saturated carbocycles. The molecule has 0 spiro atoms. The SMILES string of the molecule is CCN(Cc1ccc(C(=O)NC2CCCNC2)cc1)C(C)C.Cl.Cl. The summed E-state index contributed by atoms with van der Waals surface area (Å²) in [7, 11) is 0. The van der Waals surface area contributed by atoms with Crippen LogP contribution < -0.4 is 10.6 Å². The van der Waals surface area contributed by atoms with E-state index in [1.165, 1.54) is 5.56 Å². The van der Waals surface area contributed by atoms with Crippen LogP contribution in [0.3, 0.4) is 0 Å². The van der Waals surface area contributed by atoms with Gasteiger partial charge in [-0.2, -0.15) is 0 Å². The van der Waals surface area contributed by atoms with Crippen LogP contribution in [-0.2, 0) is 6.54 Å². The van der Waals surface area contributed by atoms with E-state index in [4.69, 9.17) is 0 Å². The van der Waals surface area contributed by atoms with Gasteiger partial charge >= 0.3 is 0 Å². The summed E-state index contributed by atoms with van der Waals surface area (Å²) in [5.41, 5.74) is 2.01. The molecule has 1 heterocycles. The summed E-state index contributed by atoms with van der Waals surface area (Å²) in [4.78, 5) is 14.7. The number of nitrogens with one attached hydrogen (secondary N) is 2. The van der Waals surface area contributed by atoms with E-state index in [-0.39, 0.29) is 36.8 Å². The minimum atomic E-state index is 0. The first-order valence-corrected chi connectivity index (χ1v) is 8.44. The second kappa shape index (κ2) is 11.7. The molecule has 0 aromatic heterocycles. The first kappa shape index (κ1) is 23.2. The van der Waals surface area contributed by atoms with Gasteiger partial charge in [0.15, 0.2) is 0 Å². The molecule has 1 aromatic rings. The summed E-state index contributed by atoms with van der Waals surface area (Å²) >= 11 is 0. The number of rotatable bonds is 6. The molecule has 1 aliphatic rings. The van der Waals surface area contributed by atoms with Crippen LogP contribution in [0.2, 0.25) is 0 Å². The number of nitrogens with zero attached hydrogens (tertiary/aromatic N) is 1. The van der Waals surface area contributed by atoms with Crippen LogP contribution in [0.15, 0.2) is 24.3 Å². The monoisotopic (exact) mass is 375 g/mol. The zero-order chi connectivity index (χ0) is 15.9. The lowest BCUT2D eigenvalue weighted by molar-refractivity contribution is 0.0930. The summed E-state index contributed by atoms with van der Waals surface area (Å²) in [6, 6.07) is 8.81. The minimum absolute atomic E-state index is 0. The summed E-state index contributed by atoms with van der Waals surface area (Å²) in [5.74, 6) is 0.0384. The van der Waals surface area contributed by atoms with Gasteiger partial charge in [-0.1, -0.05) is 19.1 Å². The van der Waals surface area contributed by atoms with E-state index in [1.54, 1.807) is 0 Å². The number of carbonyl (C=O) groups is 1. The number of piperidine rings is 1. The Morgan fingerprint density at radius 2 is 1.96 bits per heavy atom. The molecule has 1 saturated heterocycles. The molecule has 24 heavy (non-hydrogen) atoms. The molecule has 0 aliphatic carbocycles. The Balaban J connectivity index is 0.00000264. The summed E-state index contributed by atoms with van der Waals surface area (Å²) in [6.45, 7) is 10.5. The molecule has 2 rings (SSSR count). The average Bonchev–Trinajstić information content (AvgIpc) is 2.53.